The Kier molecular flexibility index (Phi) is 6.92. The van der Waals surface area contributed by atoms with Crippen LogP contribution < -0.4 is 20.3 Å². The average molecular weight is 496 g/mol. The Labute approximate surface area is 206 Å². The monoisotopic (exact) mass is 495 g/mol. The maximum absolute atomic E-state index is 12.3. The van der Waals surface area contributed by atoms with Crippen LogP contribution in [0, 0.1) is 0 Å². The Balaban J connectivity index is 1.21. The average Bonchev–Trinajstić information content (AvgIpc) is 3.30. The van der Waals surface area contributed by atoms with Gasteiger partial charge in [-0.25, -0.2) is 0 Å². The Morgan fingerprint density at radius 2 is 1.72 bits per heavy atom. The zero-order chi connectivity index (χ0) is 25.1. The number of hydrogen-bond acceptors (Lipinski definition) is 8. The number of halogens is 2. The van der Waals surface area contributed by atoms with Gasteiger partial charge in [0.2, 0.25) is 0 Å². The van der Waals surface area contributed by atoms with E-state index in [1.54, 1.807) is 23.0 Å². The molecular formula is C25H27F2N7O2. The summed E-state index contributed by atoms with van der Waals surface area (Å²) in [7, 11) is 1.89. The van der Waals surface area contributed by atoms with Gasteiger partial charge in [-0.05, 0) is 43.2 Å². The molecule has 2 aromatic heterocycles. The molecule has 3 heterocycles. The number of hydrogen-bond donors (Lipinski definition) is 3. The number of fused-ring (bicyclic) bond motifs is 1. The number of aliphatic hydroxyl groups excluding tert-OH is 1. The molecule has 1 aliphatic heterocycles. The van der Waals surface area contributed by atoms with E-state index in [0.29, 0.717) is 5.69 Å². The molecule has 36 heavy (non-hydrogen) atoms. The molecule has 1 atom stereocenters. The third kappa shape index (κ3) is 5.21. The van der Waals surface area contributed by atoms with Crippen LogP contribution >= 0.6 is 0 Å². The van der Waals surface area contributed by atoms with Crippen LogP contribution in [0.25, 0.3) is 22.2 Å². The van der Waals surface area contributed by atoms with E-state index in [1.165, 1.54) is 12.1 Å². The normalized spacial score (nSPS) is 15.4. The van der Waals surface area contributed by atoms with Crippen LogP contribution in [0.15, 0.2) is 60.8 Å². The van der Waals surface area contributed by atoms with Gasteiger partial charge in [-0.1, -0.05) is 24.3 Å². The minimum absolute atomic E-state index is 0.0642. The van der Waals surface area contributed by atoms with Gasteiger partial charge in [-0.3, -0.25) is 10.00 Å². The van der Waals surface area contributed by atoms with Crippen molar-refractivity contribution in [2.45, 2.75) is 31.8 Å². The van der Waals surface area contributed by atoms with E-state index in [0.717, 1.165) is 53.9 Å². The molecule has 4 aromatic rings. The molecule has 0 saturated carbocycles. The van der Waals surface area contributed by atoms with E-state index in [1.807, 2.05) is 25.2 Å². The van der Waals surface area contributed by atoms with Gasteiger partial charge in [-0.2, -0.15) is 13.9 Å². The first-order valence-corrected chi connectivity index (χ1v) is 11.7. The van der Waals surface area contributed by atoms with Crippen molar-refractivity contribution in [3.05, 3.63) is 60.8 Å². The number of aliphatic hydroxyl groups is 1. The lowest BCUT2D eigenvalue weighted by atomic mass is 10.0. The molecule has 0 radical (unpaired) electrons. The molecule has 1 unspecified atom stereocenters. The number of aromatic nitrogens is 4. The van der Waals surface area contributed by atoms with E-state index in [4.69, 9.17) is 0 Å². The summed E-state index contributed by atoms with van der Waals surface area (Å²) in [5.41, 5.74) is 2.30. The molecule has 1 saturated heterocycles. The van der Waals surface area contributed by atoms with Crippen LogP contribution in [0.5, 0.6) is 5.75 Å². The Hall–Kier alpha value is -3.83. The molecule has 11 heteroatoms. The SMILES string of the molecule is Cn1nccc1-c1nnc(N2CCC(NC(O)Nc3ccc(OC(F)F)cc3)CC2)c2ccccc12. The summed E-state index contributed by atoms with van der Waals surface area (Å²) in [4.78, 5) is 2.22. The number of ether oxygens (including phenoxy) is 1. The zero-order valence-electron chi connectivity index (χ0n) is 19.7. The maximum atomic E-state index is 12.3. The van der Waals surface area contributed by atoms with Crippen molar-refractivity contribution in [1.29, 1.82) is 0 Å². The molecule has 188 valence electrons. The summed E-state index contributed by atoms with van der Waals surface area (Å²) < 4.78 is 30.7. The first-order chi connectivity index (χ1) is 17.5. The second-order valence-electron chi connectivity index (χ2n) is 8.64. The fraction of sp³-hybridized carbons (Fsp3) is 0.320. The smallest absolute Gasteiger partial charge is 0.387 e. The summed E-state index contributed by atoms with van der Waals surface area (Å²) in [5, 5.41) is 32.0. The summed E-state index contributed by atoms with van der Waals surface area (Å²) >= 11 is 0. The van der Waals surface area contributed by atoms with Crippen LogP contribution in [0.3, 0.4) is 0 Å². The second kappa shape index (κ2) is 10.4. The molecule has 0 spiro atoms. The topological polar surface area (TPSA) is 100 Å². The number of alkyl halides is 2. The van der Waals surface area contributed by atoms with Gasteiger partial charge >= 0.3 is 6.61 Å². The van der Waals surface area contributed by atoms with Gasteiger partial charge in [-0.15, -0.1) is 10.2 Å². The molecular weight excluding hydrogens is 468 g/mol. The van der Waals surface area contributed by atoms with Crippen molar-refractivity contribution >= 4 is 22.3 Å². The number of aryl methyl sites for hydroxylation is 1. The molecule has 0 amide bonds. The fourth-order valence-electron chi connectivity index (χ4n) is 4.53. The Morgan fingerprint density at radius 1 is 1.00 bits per heavy atom. The van der Waals surface area contributed by atoms with Crippen LogP contribution in [0.4, 0.5) is 20.3 Å². The molecule has 3 N–H and O–H groups in total. The number of rotatable bonds is 8. The van der Waals surface area contributed by atoms with E-state index >= 15 is 0 Å². The highest BCUT2D eigenvalue weighted by molar-refractivity contribution is 5.99. The van der Waals surface area contributed by atoms with E-state index in [9.17, 15) is 13.9 Å². The van der Waals surface area contributed by atoms with Crippen molar-refractivity contribution < 1.29 is 18.6 Å². The lowest BCUT2D eigenvalue weighted by molar-refractivity contribution is -0.0498. The van der Waals surface area contributed by atoms with Crippen molar-refractivity contribution in [2.75, 3.05) is 23.3 Å². The van der Waals surface area contributed by atoms with E-state index in [2.05, 4.69) is 47.7 Å². The van der Waals surface area contributed by atoms with E-state index in [-0.39, 0.29) is 11.8 Å². The molecule has 5 rings (SSSR count). The lowest BCUT2D eigenvalue weighted by Crippen LogP contribution is -2.49. The standard InChI is InChI=1S/C25H27F2N7O2/c1-33-21(10-13-28-33)22-19-4-2-3-5-20(19)23(32-31-22)34-14-11-17(12-15-34)30-25(35)29-16-6-8-18(9-7-16)36-24(26)27/h2-10,13,17,24-25,29-30,35H,11-12,14-15H2,1H3. The van der Waals surface area contributed by atoms with Gasteiger partial charge in [0.1, 0.15) is 11.4 Å². The van der Waals surface area contributed by atoms with Gasteiger partial charge in [0, 0.05) is 48.8 Å². The van der Waals surface area contributed by atoms with Crippen molar-refractivity contribution in [3.63, 3.8) is 0 Å². The first kappa shape index (κ1) is 23.9. The highest BCUT2D eigenvalue weighted by Gasteiger charge is 2.24. The molecule has 2 aromatic carbocycles. The van der Waals surface area contributed by atoms with Crippen LogP contribution in [-0.4, -0.2) is 57.2 Å². The number of benzene rings is 2. The zero-order valence-corrected chi connectivity index (χ0v) is 19.7. The molecule has 0 bridgehead atoms. The highest BCUT2D eigenvalue weighted by atomic mass is 19.3. The minimum atomic E-state index is -2.87. The predicted octanol–water partition coefficient (Wildman–Crippen LogP) is 3.58. The fourth-order valence-corrected chi connectivity index (χ4v) is 4.53. The predicted molar refractivity (Wildman–Crippen MR) is 133 cm³/mol. The number of nitrogens with one attached hydrogen (secondary N) is 2. The molecule has 0 aliphatic carbocycles. The highest BCUT2D eigenvalue weighted by Crippen LogP contribution is 2.32. The third-order valence-electron chi connectivity index (χ3n) is 6.30. The molecule has 1 fully saturated rings. The Morgan fingerprint density at radius 3 is 2.39 bits per heavy atom. The van der Waals surface area contributed by atoms with Crippen molar-refractivity contribution in [2.24, 2.45) is 7.05 Å². The lowest BCUT2D eigenvalue weighted by Gasteiger charge is -2.34. The number of anilines is 2. The summed E-state index contributed by atoms with van der Waals surface area (Å²) in [6.45, 7) is -1.36. The number of nitrogens with zero attached hydrogens (tertiary/aromatic N) is 5. The first-order valence-electron chi connectivity index (χ1n) is 11.7. The van der Waals surface area contributed by atoms with Gasteiger partial charge in [0.25, 0.3) is 0 Å². The molecule has 9 nitrogen and oxygen atoms in total. The third-order valence-corrected chi connectivity index (χ3v) is 6.30. The second-order valence-corrected chi connectivity index (χ2v) is 8.64. The van der Waals surface area contributed by atoms with Crippen LogP contribution in [0.2, 0.25) is 0 Å². The largest absolute Gasteiger partial charge is 0.435 e. The van der Waals surface area contributed by atoms with Crippen LogP contribution in [0.1, 0.15) is 12.8 Å². The van der Waals surface area contributed by atoms with Crippen molar-refractivity contribution in [3.8, 4) is 17.1 Å². The summed E-state index contributed by atoms with van der Waals surface area (Å²) in [6, 6.07) is 16.1. The van der Waals surface area contributed by atoms with Crippen molar-refractivity contribution in [1.82, 2.24) is 25.3 Å². The van der Waals surface area contributed by atoms with Gasteiger partial charge in [0.05, 0.1) is 5.69 Å². The molecule has 1 aliphatic rings. The minimum Gasteiger partial charge on any atom is -0.435 e. The maximum Gasteiger partial charge on any atom is 0.387 e. The summed E-state index contributed by atoms with van der Waals surface area (Å²) in [5.74, 6) is 0.911. The van der Waals surface area contributed by atoms with Gasteiger partial charge in [0.15, 0.2) is 12.2 Å². The quantitative estimate of drug-likeness (QED) is 0.319. The number of piperidine rings is 1. The van der Waals surface area contributed by atoms with E-state index < -0.39 is 13.0 Å². The summed E-state index contributed by atoms with van der Waals surface area (Å²) in [6.07, 6.45) is 2.37. The Bertz CT molecular complexity index is 1310. The van der Waals surface area contributed by atoms with Crippen LogP contribution in [-0.2, 0) is 7.05 Å². The van der Waals surface area contributed by atoms with Gasteiger partial charge < -0.3 is 20.1 Å².